The normalized spacial score (nSPS) is 16.2. The van der Waals surface area contributed by atoms with Crippen LogP contribution in [0.5, 0.6) is 0 Å². The molecule has 3 aromatic rings. The molecule has 4 heteroatoms. The molecule has 0 unspecified atom stereocenters. The van der Waals surface area contributed by atoms with Crippen LogP contribution >= 0.6 is 11.3 Å². The minimum atomic E-state index is 0.0870. The van der Waals surface area contributed by atoms with E-state index in [1.807, 2.05) is 0 Å². The third-order valence-electron chi connectivity index (χ3n) is 4.00. The van der Waals surface area contributed by atoms with Crippen molar-refractivity contribution in [3.63, 3.8) is 0 Å². The molecule has 0 aliphatic carbocycles. The van der Waals surface area contributed by atoms with Gasteiger partial charge < -0.3 is 5.32 Å². The van der Waals surface area contributed by atoms with Gasteiger partial charge in [0, 0.05) is 11.3 Å². The second kappa shape index (κ2) is 4.46. The highest BCUT2D eigenvalue weighted by molar-refractivity contribution is 7.10. The summed E-state index contributed by atoms with van der Waals surface area (Å²) in [5, 5.41) is 10.5. The highest BCUT2D eigenvalue weighted by Gasteiger charge is 2.27. The summed E-state index contributed by atoms with van der Waals surface area (Å²) in [5.74, 6) is 0. The van der Waals surface area contributed by atoms with E-state index in [4.69, 9.17) is 5.10 Å². The van der Waals surface area contributed by atoms with Gasteiger partial charge >= 0.3 is 0 Å². The van der Waals surface area contributed by atoms with Crippen molar-refractivity contribution in [2.24, 2.45) is 0 Å². The van der Waals surface area contributed by atoms with Gasteiger partial charge in [-0.1, -0.05) is 11.6 Å². The molecular weight excluding hydrogens is 278 g/mol. The number of nitrogens with zero attached hydrogens (tertiary/aromatic N) is 2. The second-order valence-corrected chi connectivity index (χ2v) is 6.63. The molecule has 3 nitrogen and oxygen atoms in total. The van der Waals surface area contributed by atoms with Crippen molar-refractivity contribution >= 4 is 17.0 Å². The molecule has 1 N–H and O–H groups in total. The summed E-state index contributed by atoms with van der Waals surface area (Å²) in [6.07, 6.45) is 0.0870. The van der Waals surface area contributed by atoms with Crippen molar-refractivity contribution in [2.45, 2.75) is 26.9 Å². The first kappa shape index (κ1) is 12.7. The van der Waals surface area contributed by atoms with Gasteiger partial charge in [0.25, 0.3) is 0 Å². The van der Waals surface area contributed by atoms with Crippen LogP contribution in [0.2, 0.25) is 0 Å². The first-order chi connectivity index (χ1) is 10.1. The topological polar surface area (TPSA) is 29.9 Å². The standard InChI is InChI=1S/C17H17N3S/c1-10-4-5-14-13(8-10)15-9-12(3)19-20(15)17(18-14)16-11(2)6-7-21-16/h4-9,17-18H,1-3H3/t17-/m1/s1. The van der Waals surface area contributed by atoms with Crippen LogP contribution in [0.15, 0.2) is 35.7 Å². The SMILES string of the molecule is Cc1ccc2c(c1)-c1cc(C)nn1[C@H](c1sccc1C)N2. The van der Waals surface area contributed by atoms with Crippen molar-refractivity contribution in [3.05, 3.63) is 57.4 Å². The molecule has 0 saturated carbocycles. The summed E-state index contributed by atoms with van der Waals surface area (Å²) in [4.78, 5) is 1.32. The number of fused-ring (bicyclic) bond motifs is 3. The second-order valence-electron chi connectivity index (χ2n) is 5.68. The Bertz CT molecular complexity index is 828. The maximum atomic E-state index is 4.72. The molecule has 0 fully saturated rings. The van der Waals surface area contributed by atoms with Crippen LogP contribution in [-0.2, 0) is 0 Å². The van der Waals surface area contributed by atoms with E-state index in [2.05, 4.69) is 66.5 Å². The molecule has 1 aliphatic rings. The van der Waals surface area contributed by atoms with E-state index in [9.17, 15) is 0 Å². The maximum Gasteiger partial charge on any atom is 0.156 e. The zero-order valence-corrected chi connectivity index (χ0v) is 13.2. The minimum absolute atomic E-state index is 0.0870. The Balaban J connectivity index is 1.95. The molecular formula is C17H17N3S. The largest absolute Gasteiger partial charge is 0.359 e. The van der Waals surface area contributed by atoms with Gasteiger partial charge in [0.15, 0.2) is 6.17 Å². The Labute approximate surface area is 128 Å². The number of benzene rings is 1. The van der Waals surface area contributed by atoms with Gasteiger partial charge in [-0.3, -0.25) is 0 Å². The van der Waals surface area contributed by atoms with Gasteiger partial charge in [-0.25, -0.2) is 4.68 Å². The van der Waals surface area contributed by atoms with Crippen molar-refractivity contribution in [1.29, 1.82) is 0 Å². The van der Waals surface area contributed by atoms with E-state index in [1.54, 1.807) is 11.3 Å². The maximum absolute atomic E-state index is 4.72. The van der Waals surface area contributed by atoms with Crippen LogP contribution in [0.25, 0.3) is 11.3 Å². The van der Waals surface area contributed by atoms with Gasteiger partial charge in [0.05, 0.1) is 16.3 Å². The number of hydrogen-bond donors (Lipinski definition) is 1. The monoisotopic (exact) mass is 295 g/mol. The molecule has 2 aromatic heterocycles. The lowest BCUT2D eigenvalue weighted by molar-refractivity contribution is 0.577. The van der Waals surface area contributed by atoms with Gasteiger partial charge in [0.1, 0.15) is 0 Å². The molecule has 1 aromatic carbocycles. The smallest absolute Gasteiger partial charge is 0.156 e. The quantitative estimate of drug-likeness (QED) is 0.716. The molecule has 1 atom stereocenters. The van der Waals surface area contributed by atoms with Crippen LogP contribution in [-0.4, -0.2) is 9.78 Å². The van der Waals surface area contributed by atoms with Gasteiger partial charge in [-0.15, -0.1) is 11.3 Å². The first-order valence-corrected chi connectivity index (χ1v) is 7.99. The summed E-state index contributed by atoms with van der Waals surface area (Å²) >= 11 is 1.78. The number of hydrogen-bond acceptors (Lipinski definition) is 3. The van der Waals surface area contributed by atoms with Crippen LogP contribution in [0, 0.1) is 20.8 Å². The molecule has 106 valence electrons. The lowest BCUT2D eigenvalue weighted by Crippen LogP contribution is -2.25. The molecule has 1 aliphatic heterocycles. The Morgan fingerprint density at radius 1 is 1.14 bits per heavy atom. The number of nitrogens with one attached hydrogen (secondary N) is 1. The van der Waals surface area contributed by atoms with E-state index >= 15 is 0 Å². The van der Waals surface area contributed by atoms with Crippen molar-refractivity contribution in [2.75, 3.05) is 5.32 Å². The van der Waals surface area contributed by atoms with Gasteiger partial charge in [0.2, 0.25) is 0 Å². The van der Waals surface area contributed by atoms with Crippen molar-refractivity contribution in [3.8, 4) is 11.3 Å². The predicted molar refractivity (Wildman–Crippen MR) is 88.0 cm³/mol. The summed E-state index contributed by atoms with van der Waals surface area (Å²) in [6.45, 7) is 6.34. The average Bonchev–Trinajstić information content (AvgIpc) is 3.04. The Morgan fingerprint density at radius 2 is 2.00 bits per heavy atom. The minimum Gasteiger partial charge on any atom is -0.359 e. The van der Waals surface area contributed by atoms with Crippen LogP contribution < -0.4 is 5.32 Å². The van der Waals surface area contributed by atoms with Crippen molar-refractivity contribution < 1.29 is 0 Å². The fraction of sp³-hybridized carbons (Fsp3) is 0.235. The van der Waals surface area contributed by atoms with Gasteiger partial charge in [-0.05, 0) is 56.0 Å². The zero-order chi connectivity index (χ0) is 14.6. The molecule has 0 saturated heterocycles. The zero-order valence-electron chi connectivity index (χ0n) is 12.3. The Hall–Kier alpha value is -2.07. The summed E-state index contributed by atoms with van der Waals surface area (Å²) < 4.78 is 2.12. The fourth-order valence-corrected chi connectivity index (χ4v) is 3.92. The van der Waals surface area contributed by atoms with E-state index in [0.29, 0.717) is 0 Å². The summed E-state index contributed by atoms with van der Waals surface area (Å²) in [7, 11) is 0. The molecule has 0 spiro atoms. The average molecular weight is 295 g/mol. The van der Waals surface area contributed by atoms with Crippen LogP contribution in [0.3, 0.4) is 0 Å². The molecule has 0 radical (unpaired) electrons. The molecule has 3 heterocycles. The van der Waals surface area contributed by atoms with E-state index in [-0.39, 0.29) is 6.17 Å². The number of aromatic nitrogens is 2. The lowest BCUT2D eigenvalue weighted by atomic mass is 10.0. The third kappa shape index (κ3) is 1.90. The lowest BCUT2D eigenvalue weighted by Gasteiger charge is -2.29. The third-order valence-corrected chi connectivity index (χ3v) is 5.07. The highest BCUT2D eigenvalue weighted by atomic mass is 32.1. The van der Waals surface area contributed by atoms with Crippen LogP contribution in [0.1, 0.15) is 27.9 Å². The molecule has 21 heavy (non-hydrogen) atoms. The number of rotatable bonds is 1. The highest BCUT2D eigenvalue weighted by Crippen LogP contribution is 2.40. The Kier molecular flexibility index (Phi) is 2.69. The fourth-order valence-electron chi connectivity index (χ4n) is 2.96. The predicted octanol–water partition coefficient (Wildman–Crippen LogP) is 4.51. The molecule has 4 rings (SSSR count). The number of anilines is 1. The Morgan fingerprint density at radius 3 is 2.76 bits per heavy atom. The number of aryl methyl sites for hydroxylation is 3. The van der Waals surface area contributed by atoms with E-state index < -0.39 is 0 Å². The van der Waals surface area contributed by atoms with E-state index in [1.165, 1.54) is 32.9 Å². The van der Waals surface area contributed by atoms with Crippen molar-refractivity contribution in [1.82, 2.24) is 9.78 Å². The first-order valence-electron chi connectivity index (χ1n) is 7.11. The number of thiophene rings is 1. The summed E-state index contributed by atoms with van der Waals surface area (Å²) in [5.41, 5.74) is 7.26. The summed E-state index contributed by atoms with van der Waals surface area (Å²) in [6, 6.07) is 10.9. The van der Waals surface area contributed by atoms with E-state index in [0.717, 1.165) is 5.69 Å². The molecule has 0 amide bonds. The van der Waals surface area contributed by atoms with Gasteiger partial charge in [-0.2, -0.15) is 5.10 Å². The van der Waals surface area contributed by atoms with Crippen LogP contribution in [0.4, 0.5) is 5.69 Å². The molecule has 0 bridgehead atoms.